The molecule has 0 radical (unpaired) electrons. The quantitative estimate of drug-likeness (QED) is 0.472. The molecule has 0 unspecified atom stereocenters. The highest BCUT2D eigenvalue weighted by molar-refractivity contribution is 6.30. The molecule has 1 amide bonds. The molecule has 150 valence electrons. The van der Waals surface area contributed by atoms with Crippen LogP contribution >= 0.6 is 11.6 Å². The van der Waals surface area contributed by atoms with Crippen LogP contribution in [0.5, 0.6) is 0 Å². The Kier molecular flexibility index (Phi) is 5.86. The SMILES string of the molecule is CCC(=O)N(Cc1ccccc1)c1nccc(-c2c[nH]nc2-c2ccc(Cl)cc2)n1. The third-order valence-corrected chi connectivity index (χ3v) is 4.96. The summed E-state index contributed by atoms with van der Waals surface area (Å²) >= 11 is 6.01. The summed E-state index contributed by atoms with van der Waals surface area (Å²) in [5.74, 6) is 0.326. The van der Waals surface area contributed by atoms with E-state index in [1.165, 1.54) is 0 Å². The summed E-state index contributed by atoms with van der Waals surface area (Å²) in [4.78, 5) is 23.3. The summed E-state index contributed by atoms with van der Waals surface area (Å²) in [5.41, 5.74) is 4.19. The second-order valence-electron chi connectivity index (χ2n) is 6.72. The predicted octanol–water partition coefficient (Wildman–Crippen LogP) is 5.13. The molecule has 4 aromatic rings. The van der Waals surface area contributed by atoms with E-state index in [1.54, 1.807) is 17.3 Å². The van der Waals surface area contributed by atoms with Crippen LogP contribution < -0.4 is 4.90 Å². The second-order valence-corrected chi connectivity index (χ2v) is 7.15. The Hall–Kier alpha value is -3.51. The number of aromatic amines is 1. The van der Waals surface area contributed by atoms with Crippen molar-refractivity contribution in [2.24, 2.45) is 0 Å². The fourth-order valence-corrected chi connectivity index (χ4v) is 3.29. The highest BCUT2D eigenvalue weighted by Gasteiger charge is 2.19. The van der Waals surface area contributed by atoms with Crippen molar-refractivity contribution < 1.29 is 4.79 Å². The van der Waals surface area contributed by atoms with E-state index in [1.807, 2.05) is 67.6 Å². The number of amides is 1. The van der Waals surface area contributed by atoms with E-state index in [2.05, 4.69) is 15.2 Å². The molecule has 4 rings (SSSR count). The van der Waals surface area contributed by atoms with E-state index in [0.717, 1.165) is 22.4 Å². The largest absolute Gasteiger partial charge is 0.284 e. The Bertz CT molecular complexity index is 1140. The number of hydrogen-bond acceptors (Lipinski definition) is 4. The Morgan fingerprint density at radius 3 is 2.57 bits per heavy atom. The summed E-state index contributed by atoms with van der Waals surface area (Å²) in [6.07, 6.45) is 3.82. The fourth-order valence-electron chi connectivity index (χ4n) is 3.17. The van der Waals surface area contributed by atoms with Gasteiger partial charge in [-0.15, -0.1) is 0 Å². The summed E-state index contributed by atoms with van der Waals surface area (Å²) in [5, 5.41) is 7.95. The average Bonchev–Trinajstić information content (AvgIpc) is 3.28. The average molecular weight is 418 g/mol. The molecule has 0 atom stereocenters. The summed E-state index contributed by atoms with van der Waals surface area (Å²) in [6, 6.07) is 19.1. The van der Waals surface area contributed by atoms with Gasteiger partial charge in [-0.3, -0.25) is 14.8 Å². The molecule has 2 heterocycles. The van der Waals surface area contributed by atoms with Gasteiger partial charge in [-0.25, -0.2) is 9.97 Å². The normalized spacial score (nSPS) is 10.7. The van der Waals surface area contributed by atoms with Gasteiger partial charge in [0.25, 0.3) is 0 Å². The van der Waals surface area contributed by atoms with E-state index in [-0.39, 0.29) is 5.91 Å². The van der Waals surface area contributed by atoms with Crippen molar-refractivity contribution in [2.75, 3.05) is 4.90 Å². The third-order valence-electron chi connectivity index (χ3n) is 4.71. The van der Waals surface area contributed by atoms with Crippen LogP contribution in [0, 0.1) is 0 Å². The lowest BCUT2D eigenvalue weighted by Gasteiger charge is -2.20. The maximum absolute atomic E-state index is 12.6. The highest BCUT2D eigenvalue weighted by Crippen LogP contribution is 2.30. The molecule has 0 aliphatic carbocycles. The van der Waals surface area contributed by atoms with Crippen LogP contribution in [0.1, 0.15) is 18.9 Å². The van der Waals surface area contributed by atoms with Gasteiger partial charge in [0.05, 0.1) is 12.2 Å². The topological polar surface area (TPSA) is 74.8 Å². The third kappa shape index (κ3) is 4.23. The number of H-pyrrole nitrogens is 1. The summed E-state index contributed by atoms with van der Waals surface area (Å²) in [6.45, 7) is 2.24. The molecule has 0 saturated heterocycles. The minimum absolute atomic E-state index is 0.0406. The molecular weight excluding hydrogens is 398 g/mol. The van der Waals surface area contributed by atoms with E-state index in [9.17, 15) is 4.79 Å². The first kappa shape index (κ1) is 19.8. The monoisotopic (exact) mass is 417 g/mol. The second kappa shape index (κ2) is 8.88. The number of hydrogen-bond donors (Lipinski definition) is 1. The van der Waals surface area contributed by atoms with Gasteiger partial charge in [0.2, 0.25) is 11.9 Å². The lowest BCUT2D eigenvalue weighted by molar-refractivity contribution is -0.118. The van der Waals surface area contributed by atoms with Gasteiger partial charge in [0, 0.05) is 35.0 Å². The lowest BCUT2D eigenvalue weighted by Crippen LogP contribution is -2.31. The molecule has 2 aromatic carbocycles. The van der Waals surface area contributed by atoms with E-state index >= 15 is 0 Å². The van der Waals surface area contributed by atoms with E-state index in [4.69, 9.17) is 16.6 Å². The van der Waals surface area contributed by atoms with Crippen molar-refractivity contribution in [3.63, 3.8) is 0 Å². The van der Waals surface area contributed by atoms with Crippen LogP contribution in [0.15, 0.2) is 73.1 Å². The zero-order chi connectivity index (χ0) is 20.9. The van der Waals surface area contributed by atoms with Crippen molar-refractivity contribution in [3.05, 3.63) is 83.6 Å². The molecule has 0 saturated carbocycles. The Labute approximate surface area is 179 Å². The van der Waals surface area contributed by atoms with Crippen molar-refractivity contribution in [1.29, 1.82) is 0 Å². The minimum atomic E-state index is -0.0406. The first-order valence-corrected chi connectivity index (χ1v) is 10.0. The first-order valence-electron chi connectivity index (χ1n) is 9.63. The van der Waals surface area contributed by atoms with Gasteiger partial charge in [-0.2, -0.15) is 5.10 Å². The van der Waals surface area contributed by atoms with Crippen LogP contribution in [0.4, 0.5) is 5.95 Å². The van der Waals surface area contributed by atoms with Gasteiger partial charge >= 0.3 is 0 Å². The van der Waals surface area contributed by atoms with Gasteiger partial charge < -0.3 is 0 Å². The van der Waals surface area contributed by atoms with Crippen molar-refractivity contribution in [2.45, 2.75) is 19.9 Å². The zero-order valence-electron chi connectivity index (χ0n) is 16.4. The molecule has 0 bridgehead atoms. The van der Waals surface area contributed by atoms with Crippen molar-refractivity contribution in [3.8, 4) is 22.5 Å². The molecular formula is C23H20ClN5O. The number of anilines is 1. The molecule has 6 nitrogen and oxygen atoms in total. The minimum Gasteiger partial charge on any atom is -0.284 e. The highest BCUT2D eigenvalue weighted by atomic mass is 35.5. The Morgan fingerprint density at radius 2 is 1.83 bits per heavy atom. The number of nitrogens with zero attached hydrogens (tertiary/aromatic N) is 4. The van der Waals surface area contributed by atoms with Crippen LogP contribution in [-0.4, -0.2) is 26.1 Å². The standard InChI is InChI=1S/C23H20ClN5O/c1-2-21(30)29(15-16-6-4-3-5-7-16)23-25-13-12-20(27-23)19-14-26-28-22(19)17-8-10-18(24)11-9-17/h3-14H,2,15H2,1H3,(H,26,28). The maximum Gasteiger partial charge on any atom is 0.232 e. The molecule has 0 aliphatic rings. The fraction of sp³-hybridized carbons (Fsp3) is 0.130. The number of halogens is 1. The molecule has 0 aliphatic heterocycles. The number of carbonyl (C=O) groups is 1. The van der Waals surface area contributed by atoms with Crippen molar-refractivity contribution in [1.82, 2.24) is 20.2 Å². The number of carbonyl (C=O) groups excluding carboxylic acids is 1. The van der Waals surface area contributed by atoms with Crippen molar-refractivity contribution >= 4 is 23.5 Å². The number of aromatic nitrogens is 4. The molecule has 1 N–H and O–H groups in total. The number of rotatable bonds is 6. The molecule has 0 fully saturated rings. The summed E-state index contributed by atoms with van der Waals surface area (Å²) in [7, 11) is 0. The molecule has 0 spiro atoms. The van der Waals surface area contributed by atoms with Gasteiger partial charge in [-0.05, 0) is 23.8 Å². The molecule has 2 aromatic heterocycles. The van der Waals surface area contributed by atoms with Gasteiger partial charge in [0.15, 0.2) is 0 Å². The predicted molar refractivity (Wildman–Crippen MR) is 118 cm³/mol. The van der Waals surface area contributed by atoms with E-state index < -0.39 is 0 Å². The first-order chi connectivity index (χ1) is 14.7. The number of benzene rings is 2. The molecule has 30 heavy (non-hydrogen) atoms. The van der Waals surface area contributed by atoms with Gasteiger partial charge in [0.1, 0.15) is 5.69 Å². The van der Waals surface area contributed by atoms with Crippen LogP contribution in [0.2, 0.25) is 5.02 Å². The summed E-state index contributed by atoms with van der Waals surface area (Å²) < 4.78 is 0. The maximum atomic E-state index is 12.6. The van der Waals surface area contributed by atoms with Crippen LogP contribution in [0.25, 0.3) is 22.5 Å². The zero-order valence-corrected chi connectivity index (χ0v) is 17.2. The molecule has 7 heteroatoms. The Morgan fingerprint density at radius 1 is 1.07 bits per heavy atom. The van der Waals surface area contributed by atoms with Crippen LogP contribution in [-0.2, 0) is 11.3 Å². The van der Waals surface area contributed by atoms with E-state index in [0.29, 0.717) is 29.6 Å². The Balaban J connectivity index is 1.71. The number of nitrogens with one attached hydrogen (secondary N) is 1. The smallest absolute Gasteiger partial charge is 0.232 e. The van der Waals surface area contributed by atoms with Gasteiger partial charge in [-0.1, -0.05) is 61.0 Å². The lowest BCUT2D eigenvalue weighted by atomic mass is 10.1. The van der Waals surface area contributed by atoms with Crippen LogP contribution in [0.3, 0.4) is 0 Å².